The Morgan fingerprint density at radius 2 is 2.06 bits per heavy atom. The quantitative estimate of drug-likeness (QED) is 0.339. The van der Waals surface area contributed by atoms with Crippen LogP contribution < -0.4 is 16.4 Å². The molecule has 17 heavy (non-hydrogen) atoms. The predicted octanol–water partition coefficient (Wildman–Crippen LogP) is -1.34. The molecule has 0 aromatic heterocycles. The van der Waals surface area contributed by atoms with Gasteiger partial charge in [0.25, 0.3) is 0 Å². The third-order valence-electron chi connectivity index (χ3n) is 1.87. The molecular formula is C10H23N3O4. The molecule has 0 fully saturated rings. The van der Waals surface area contributed by atoms with Crippen molar-refractivity contribution in [3.63, 3.8) is 0 Å². The summed E-state index contributed by atoms with van der Waals surface area (Å²) in [6.07, 6.45) is -0.565. The van der Waals surface area contributed by atoms with Crippen LogP contribution in [0.5, 0.6) is 0 Å². The second-order valence-electron chi connectivity index (χ2n) is 3.42. The molecule has 102 valence electrons. The van der Waals surface area contributed by atoms with E-state index < -0.39 is 12.1 Å². The Bertz CT molecular complexity index is 192. The smallest absolute Gasteiger partial charge is 0.312 e. The molecular weight excluding hydrogens is 226 g/mol. The number of primary amides is 1. The van der Waals surface area contributed by atoms with Crippen LogP contribution in [0, 0.1) is 0 Å². The van der Waals surface area contributed by atoms with Crippen molar-refractivity contribution >= 4 is 6.03 Å². The third-order valence-corrected chi connectivity index (χ3v) is 1.87. The summed E-state index contributed by atoms with van der Waals surface area (Å²) >= 11 is 0. The summed E-state index contributed by atoms with van der Waals surface area (Å²) in [5.74, 6) is 0. The van der Waals surface area contributed by atoms with E-state index in [1.165, 1.54) is 0 Å². The number of aliphatic hydroxyl groups is 1. The van der Waals surface area contributed by atoms with E-state index in [0.29, 0.717) is 39.5 Å². The van der Waals surface area contributed by atoms with Gasteiger partial charge in [-0.3, -0.25) is 0 Å². The number of nitrogens with one attached hydrogen (secondary N) is 2. The van der Waals surface area contributed by atoms with E-state index in [1.807, 2.05) is 6.92 Å². The Hall–Kier alpha value is -0.890. The lowest BCUT2D eigenvalue weighted by Gasteiger charge is -2.12. The first-order valence-electron chi connectivity index (χ1n) is 5.74. The fourth-order valence-electron chi connectivity index (χ4n) is 1.08. The van der Waals surface area contributed by atoms with Gasteiger partial charge in [-0.1, -0.05) is 0 Å². The Labute approximate surface area is 102 Å². The highest BCUT2D eigenvalue weighted by molar-refractivity contribution is 5.71. The Kier molecular flexibility index (Phi) is 11.0. The molecule has 0 bridgehead atoms. The number of carbonyl (C=O) groups is 1. The summed E-state index contributed by atoms with van der Waals surface area (Å²) in [6.45, 7) is 5.27. The topological polar surface area (TPSA) is 106 Å². The molecule has 0 heterocycles. The van der Waals surface area contributed by atoms with Gasteiger partial charge in [0.2, 0.25) is 0 Å². The van der Waals surface area contributed by atoms with Crippen molar-refractivity contribution in [3.05, 3.63) is 0 Å². The molecule has 5 N–H and O–H groups in total. The molecule has 1 unspecified atom stereocenters. The van der Waals surface area contributed by atoms with Crippen LogP contribution in [0.15, 0.2) is 0 Å². The van der Waals surface area contributed by atoms with E-state index in [2.05, 4.69) is 10.6 Å². The van der Waals surface area contributed by atoms with Crippen LogP contribution in [0.2, 0.25) is 0 Å². The molecule has 1 atom stereocenters. The Morgan fingerprint density at radius 3 is 2.71 bits per heavy atom. The average Bonchev–Trinajstić information content (AvgIpc) is 2.28. The summed E-state index contributed by atoms with van der Waals surface area (Å²) in [5.41, 5.74) is 4.88. The first-order chi connectivity index (χ1) is 8.16. The third kappa shape index (κ3) is 13.0. The predicted molar refractivity (Wildman–Crippen MR) is 63.8 cm³/mol. The molecule has 0 aliphatic rings. The normalized spacial score (nSPS) is 12.4. The minimum Gasteiger partial charge on any atom is -0.389 e. The molecule has 0 saturated carbocycles. The highest BCUT2D eigenvalue weighted by atomic mass is 16.5. The number of urea groups is 1. The number of nitrogens with two attached hydrogens (primary N) is 1. The second-order valence-corrected chi connectivity index (χ2v) is 3.42. The largest absolute Gasteiger partial charge is 0.389 e. The first kappa shape index (κ1) is 16.1. The van der Waals surface area contributed by atoms with Crippen molar-refractivity contribution < 1.29 is 19.4 Å². The van der Waals surface area contributed by atoms with E-state index in [4.69, 9.17) is 15.2 Å². The molecule has 0 radical (unpaired) electrons. The van der Waals surface area contributed by atoms with Gasteiger partial charge in [0.1, 0.15) is 0 Å². The second kappa shape index (κ2) is 11.6. The summed E-state index contributed by atoms with van der Waals surface area (Å²) < 4.78 is 10.3. The molecule has 0 rings (SSSR count). The molecule has 7 nitrogen and oxygen atoms in total. The van der Waals surface area contributed by atoms with E-state index >= 15 is 0 Å². The van der Waals surface area contributed by atoms with Crippen molar-refractivity contribution in [2.45, 2.75) is 13.0 Å². The van der Waals surface area contributed by atoms with Gasteiger partial charge in [-0.25, -0.2) is 4.79 Å². The van der Waals surface area contributed by atoms with Gasteiger partial charge >= 0.3 is 6.03 Å². The zero-order chi connectivity index (χ0) is 12.9. The molecule has 0 aliphatic carbocycles. The Balaban J connectivity index is 3.17. The lowest BCUT2D eigenvalue weighted by Crippen LogP contribution is -2.38. The SMILES string of the molecule is CCOCCOCC(O)CNCCNC(N)=O. The first-order valence-corrected chi connectivity index (χ1v) is 5.74. The molecule has 2 amide bonds. The molecule has 0 spiro atoms. The number of amides is 2. The highest BCUT2D eigenvalue weighted by Gasteiger charge is 2.03. The summed E-state index contributed by atoms with van der Waals surface area (Å²) in [4.78, 5) is 10.3. The van der Waals surface area contributed by atoms with Crippen molar-refractivity contribution in [3.8, 4) is 0 Å². The van der Waals surface area contributed by atoms with E-state index in [1.54, 1.807) is 0 Å². The van der Waals surface area contributed by atoms with Crippen LogP contribution in [0.25, 0.3) is 0 Å². The maximum Gasteiger partial charge on any atom is 0.312 e. The monoisotopic (exact) mass is 249 g/mol. The summed E-state index contributed by atoms with van der Waals surface area (Å²) in [5, 5.41) is 14.9. The van der Waals surface area contributed by atoms with Gasteiger partial charge < -0.3 is 30.9 Å². The number of aliphatic hydroxyl groups excluding tert-OH is 1. The van der Waals surface area contributed by atoms with E-state index in [-0.39, 0.29) is 6.61 Å². The van der Waals surface area contributed by atoms with Crippen LogP contribution in [0.4, 0.5) is 4.79 Å². The average molecular weight is 249 g/mol. The van der Waals surface area contributed by atoms with E-state index in [0.717, 1.165) is 0 Å². The molecule has 0 aromatic carbocycles. The zero-order valence-corrected chi connectivity index (χ0v) is 10.3. The highest BCUT2D eigenvalue weighted by Crippen LogP contribution is 1.84. The Morgan fingerprint density at radius 1 is 1.35 bits per heavy atom. The zero-order valence-electron chi connectivity index (χ0n) is 10.3. The number of hydrogen-bond acceptors (Lipinski definition) is 5. The standard InChI is InChI=1S/C10H23N3O4/c1-2-16-5-6-17-8-9(14)7-12-3-4-13-10(11)15/h9,12,14H,2-8H2,1H3,(H3,11,13,15). The van der Waals surface area contributed by atoms with Crippen molar-refractivity contribution in [1.29, 1.82) is 0 Å². The fourth-order valence-corrected chi connectivity index (χ4v) is 1.08. The summed E-state index contributed by atoms with van der Waals surface area (Å²) in [7, 11) is 0. The van der Waals surface area contributed by atoms with Gasteiger partial charge in [-0.2, -0.15) is 0 Å². The van der Waals surface area contributed by atoms with Gasteiger partial charge in [-0.05, 0) is 6.92 Å². The van der Waals surface area contributed by atoms with Crippen LogP contribution >= 0.6 is 0 Å². The van der Waals surface area contributed by atoms with Crippen molar-refractivity contribution in [2.24, 2.45) is 5.73 Å². The van der Waals surface area contributed by atoms with Gasteiger partial charge in [0, 0.05) is 26.2 Å². The fraction of sp³-hybridized carbons (Fsp3) is 0.900. The van der Waals surface area contributed by atoms with Crippen molar-refractivity contribution in [1.82, 2.24) is 10.6 Å². The van der Waals surface area contributed by atoms with Crippen LogP contribution in [0.3, 0.4) is 0 Å². The number of hydrogen-bond donors (Lipinski definition) is 4. The van der Waals surface area contributed by atoms with Gasteiger partial charge in [0.15, 0.2) is 0 Å². The minimum atomic E-state index is -0.565. The number of rotatable bonds is 11. The maximum atomic E-state index is 10.3. The van der Waals surface area contributed by atoms with Crippen molar-refractivity contribution in [2.75, 3.05) is 46.1 Å². The molecule has 7 heteroatoms. The van der Waals surface area contributed by atoms with Crippen LogP contribution in [-0.4, -0.2) is 63.3 Å². The minimum absolute atomic E-state index is 0.267. The van der Waals surface area contributed by atoms with E-state index in [9.17, 15) is 9.90 Å². The lowest BCUT2D eigenvalue weighted by atomic mass is 10.4. The lowest BCUT2D eigenvalue weighted by molar-refractivity contribution is 0.00661. The summed E-state index contributed by atoms with van der Waals surface area (Å²) in [6, 6.07) is -0.549. The molecule has 0 aliphatic heterocycles. The molecule has 0 aromatic rings. The number of carbonyl (C=O) groups excluding carboxylic acids is 1. The number of ether oxygens (including phenoxy) is 2. The maximum absolute atomic E-state index is 10.3. The van der Waals surface area contributed by atoms with Gasteiger partial charge in [-0.15, -0.1) is 0 Å². The molecule has 0 saturated heterocycles. The van der Waals surface area contributed by atoms with Gasteiger partial charge in [0.05, 0.1) is 25.9 Å². The van der Waals surface area contributed by atoms with Crippen LogP contribution in [0.1, 0.15) is 6.92 Å². The van der Waals surface area contributed by atoms with Crippen LogP contribution in [-0.2, 0) is 9.47 Å².